The summed E-state index contributed by atoms with van der Waals surface area (Å²) in [5, 5.41) is 1.26. The average molecular weight is 662 g/mol. The average Bonchev–Trinajstić information content (AvgIpc) is 2.87. The molecule has 4 bridgehead atoms. The van der Waals surface area contributed by atoms with Gasteiger partial charge in [0.1, 0.15) is 0 Å². The molecule has 7 rings (SSSR count). The van der Waals surface area contributed by atoms with Gasteiger partial charge in [-0.3, -0.25) is 0 Å². The van der Waals surface area contributed by atoms with E-state index in [1.165, 1.54) is 54.9 Å². The first kappa shape index (κ1) is 33.2. The van der Waals surface area contributed by atoms with E-state index in [1.54, 1.807) is 11.1 Å². The summed E-state index contributed by atoms with van der Waals surface area (Å²) in [4.78, 5) is 0. The molecule has 0 saturated heterocycles. The fourth-order valence-electron chi connectivity index (χ4n) is 8.27. The normalized spacial score (nSPS) is 30.6. The van der Waals surface area contributed by atoms with Crippen molar-refractivity contribution in [2.24, 2.45) is 23.2 Å². The third-order valence-electron chi connectivity index (χ3n) is 8.96. The van der Waals surface area contributed by atoms with E-state index in [4.69, 9.17) is 4.43 Å². The molecule has 4 radical (unpaired) electrons. The van der Waals surface area contributed by atoms with Crippen molar-refractivity contribution in [1.29, 1.82) is 0 Å². The molecule has 0 aromatic heterocycles. The van der Waals surface area contributed by atoms with Gasteiger partial charge in [0.25, 0.3) is 0 Å². The van der Waals surface area contributed by atoms with Gasteiger partial charge >= 0.3 is 209 Å². The summed E-state index contributed by atoms with van der Waals surface area (Å²) >= 11 is -0.277. The number of rotatable bonds is 5. The van der Waals surface area contributed by atoms with Gasteiger partial charge in [0.05, 0.1) is 0 Å². The molecule has 1 heterocycles. The van der Waals surface area contributed by atoms with Crippen molar-refractivity contribution in [3.8, 4) is 0 Å². The molecule has 2 aromatic carbocycles. The van der Waals surface area contributed by atoms with Crippen LogP contribution in [0.2, 0.25) is 64.2 Å². The van der Waals surface area contributed by atoms with Crippen LogP contribution < -0.4 is 0 Å². The van der Waals surface area contributed by atoms with Crippen LogP contribution in [-0.4, -0.2) is 45.8 Å². The Hall–Kier alpha value is -0.666. The summed E-state index contributed by atoms with van der Waals surface area (Å²) in [6.07, 6.45) is 10.1. The molecular formula is C36H56GeOSi3. The van der Waals surface area contributed by atoms with Gasteiger partial charge < -0.3 is 0 Å². The molecule has 4 saturated carbocycles. The molecular weight excluding hydrogens is 605 g/mol. The van der Waals surface area contributed by atoms with Gasteiger partial charge in [-0.1, -0.05) is 39.3 Å². The second-order valence-corrected chi connectivity index (χ2v) is 29.1. The summed E-state index contributed by atoms with van der Waals surface area (Å²) in [6, 6.07) is 22.6. The zero-order valence-corrected chi connectivity index (χ0v) is 32.7. The number of benzene rings is 2. The Morgan fingerprint density at radius 3 is 1.44 bits per heavy atom. The molecule has 1 unspecified atom stereocenters. The summed E-state index contributed by atoms with van der Waals surface area (Å²) in [7, 11) is -1.45. The van der Waals surface area contributed by atoms with E-state index >= 15 is 0 Å². The third kappa shape index (κ3) is 8.50. The molecule has 5 heteroatoms. The molecule has 5 aliphatic rings. The fourth-order valence-corrected chi connectivity index (χ4v) is 16.0. The molecule has 1 atom stereocenters. The van der Waals surface area contributed by atoms with Crippen LogP contribution in [-0.2, 0) is 4.43 Å². The molecule has 2 aromatic rings. The van der Waals surface area contributed by atoms with E-state index in [-0.39, 0.29) is 37.5 Å². The Balaban J connectivity index is 0.000000432. The third-order valence-corrected chi connectivity index (χ3v) is 14.4. The minimum atomic E-state index is -1.69. The minimum Gasteiger partial charge on any atom is -0.0715 e. The van der Waals surface area contributed by atoms with Gasteiger partial charge in [-0.2, -0.15) is 0 Å². The number of hydrogen-bond donors (Lipinski definition) is 0. The summed E-state index contributed by atoms with van der Waals surface area (Å²) in [5.74, 6) is 2.93. The van der Waals surface area contributed by atoms with E-state index in [2.05, 4.69) is 120 Å². The van der Waals surface area contributed by atoms with Crippen molar-refractivity contribution in [2.75, 3.05) is 0 Å². The van der Waals surface area contributed by atoms with Crippen LogP contribution >= 0.6 is 0 Å². The topological polar surface area (TPSA) is 9.23 Å². The van der Waals surface area contributed by atoms with E-state index < -0.39 is 8.32 Å². The van der Waals surface area contributed by atoms with Crippen LogP contribution in [0.25, 0.3) is 11.1 Å². The molecule has 4 aliphatic carbocycles. The van der Waals surface area contributed by atoms with Crippen molar-refractivity contribution in [3.05, 3.63) is 71.8 Å². The molecule has 4 fully saturated rings. The van der Waals surface area contributed by atoms with Crippen LogP contribution in [0.4, 0.5) is 0 Å². The van der Waals surface area contributed by atoms with Gasteiger partial charge in [0.15, 0.2) is 0 Å². The predicted molar refractivity (Wildman–Crippen MR) is 189 cm³/mol. The van der Waals surface area contributed by atoms with Crippen molar-refractivity contribution in [3.63, 3.8) is 0 Å². The van der Waals surface area contributed by atoms with Crippen LogP contribution in [0, 0.1) is 23.2 Å². The maximum absolute atomic E-state index is 7.55. The Bertz CT molecular complexity index is 1090. The zero-order chi connectivity index (χ0) is 29.8. The fraction of sp³-hybridized carbons (Fsp3) is 0.611. The molecule has 0 spiro atoms. The number of allylic oxidation sites excluding steroid dienone is 1. The maximum Gasteiger partial charge on any atom is 0.0379 e. The number of hydrogen-bond acceptors (Lipinski definition) is 1. The van der Waals surface area contributed by atoms with E-state index in [9.17, 15) is 0 Å². The first-order valence-electron chi connectivity index (χ1n) is 16.1. The second kappa shape index (κ2) is 14.0. The van der Waals surface area contributed by atoms with Crippen molar-refractivity contribution in [1.82, 2.24) is 0 Å². The molecule has 222 valence electrons. The molecule has 0 N–H and O–H groups in total. The summed E-state index contributed by atoms with van der Waals surface area (Å²) in [6.45, 7) is 20.9. The molecule has 1 nitrogen and oxygen atoms in total. The SMILES string of the molecule is C[Si](C)(C)O[C]1(C23CC4CC(CC(C4)C2)C3)CC(c2ccccc2)=C(c2ccccc2)[CH2][Ge]1.C[Si](C)C.C[Si](C)C. The van der Waals surface area contributed by atoms with E-state index in [1.807, 2.05) is 0 Å². The van der Waals surface area contributed by atoms with Crippen LogP contribution in [0.15, 0.2) is 60.7 Å². The minimum absolute atomic E-state index is 0.120. The van der Waals surface area contributed by atoms with Crippen molar-refractivity contribution < 1.29 is 4.43 Å². The predicted octanol–water partition coefficient (Wildman–Crippen LogP) is 10.6. The van der Waals surface area contributed by atoms with Gasteiger partial charge in [0, 0.05) is 17.6 Å². The second-order valence-electron chi connectivity index (χ2n) is 15.5. The van der Waals surface area contributed by atoms with Gasteiger partial charge in [-0.25, -0.2) is 0 Å². The maximum atomic E-state index is 7.55. The quantitative estimate of drug-likeness (QED) is 0.290. The van der Waals surface area contributed by atoms with Crippen LogP contribution in [0.3, 0.4) is 0 Å². The standard InChI is InChI=1S/C30H38GeOSi.2C3H9Si/c1-33(2,3)32-30(29-17-22-14-23(18-29)16-24(15-22)19-29)20-27(25-10-6-4-7-11-25)28(21-31-30)26-12-8-5-9-13-26;2*1-4(2)3/h4-13,22-24H,14-21H2,1-3H3;2*1-3H3. The van der Waals surface area contributed by atoms with Crippen LogP contribution in [0.5, 0.6) is 0 Å². The van der Waals surface area contributed by atoms with Gasteiger partial charge in [-0.15, -0.1) is 0 Å². The monoisotopic (exact) mass is 662 g/mol. The Kier molecular flexibility index (Phi) is 11.3. The molecule has 0 amide bonds. The van der Waals surface area contributed by atoms with Crippen LogP contribution in [0.1, 0.15) is 56.1 Å². The van der Waals surface area contributed by atoms with E-state index in [0.717, 1.165) is 24.2 Å². The largest absolute Gasteiger partial charge is 0.0715 e. The van der Waals surface area contributed by atoms with Crippen molar-refractivity contribution >= 4 is 52.5 Å². The Morgan fingerprint density at radius 1 is 0.659 bits per heavy atom. The summed E-state index contributed by atoms with van der Waals surface area (Å²) < 4.78 is 7.68. The Labute approximate surface area is 264 Å². The molecule has 1 aliphatic heterocycles. The smallest absolute Gasteiger partial charge is 0.0379 e. The van der Waals surface area contributed by atoms with E-state index in [0.29, 0.717) is 5.41 Å². The summed E-state index contributed by atoms with van der Waals surface area (Å²) in [5.41, 5.74) is 6.51. The van der Waals surface area contributed by atoms with Gasteiger partial charge in [-0.05, 0) is 0 Å². The Morgan fingerprint density at radius 2 is 1.05 bits per heavy atom. The van der Waals surface area contributed by atoms with Gasteiger partial charge in [0.2, 0.25) is 0 Å². The first-order chi connectivity index (χ1) is 19.3. The first-order valence-corrected chi connectivity index (χ1v) is 28.1. The van der Waals surface area contributed by atoms with Crippen molar-refractivity contribution in [2.45, 2.75) is 114 Å². The zero-order valence-electron chi connectivity index (χ0n) is 27.6. The molecule has 41 heavy (non-hydrogen) atoms.